The first kappa shape index (κ1) is 21.7. The number of amides is 1. The van der Waals surface area contributed by atoms with Crippen LogP contribution in [-0.4, -0.2) is 22.4 Å². The van der Waals surface area contributed by atoms with Gasteiger partial charge in [-0.15, -0.1) is 0 Å². The topological polar surface area (TPSA) is 80.9 Å². The molecule has 1 aromatic carbocycles. The summed E-state index contributed by atoms with van der Waals surface area (Å²) in [5.41, 5.74) is 9.46. The third kappa shape index (κ3) is 5.30. The Kier molecular flexibility index (Phi) is 7.31. The van der Waals surface area contributed by atoms with Gasteiger partial charge in [0.25, 0.3) is 0 Å². The molecule has 0 aliphatic heterocycles. The van der Waals surface area contributed by atoms with E-state index < -0.39 is 5.54 Å². The molecular weight excluding hydrogens is 372 g/mol. The Hall–Kier alpha value is -3.05. The van der Waals surface area contributed by atoms with Crippen molar-refractivity contribution in [2.24, 2.45) is 5.73 Å². The Morgan fingerprint density at radius 1 is 0.967 bits per heavy atom. The lowest BCUT2D eigenvalue weighted by Gasteiger charge is -2.33. The quantitative estimate of drug-likeness (QED) is 0.541. The first-order valence-electron chi connectivity index (χ1n) is 10.4. The van der Waals surface area contributed by atoms with Crippen LogP contribution in [0.1, 0.15) is 48.4 Å². The number of primary amides is 1. The van der Waals surface area contributed by atoms with Crippen molar-refractivity contribution >= 4 is 5.91 Å². The first-order valence-corrected chi connectivity index (χ1v) is 10.4. The van der Waals surface area contributed by atoms with E-state index in [1.165, 1.54) is 5.56 Å². The van der Waals surface area contributed by atoms with Crippen LogP contribution in [0.5, 0.6) is 0 Å². The predicted octanol–water partition coefficient (Wildman–Crippen LogP) is 3.75. The Morgan fingerprint density at radius 3 is 2.30 bits per heavy atom. The fourth-order valence-electron chi connectivity index (χ4n) is 3.69. The van der Waals surface area contributed by atoms with E-state index in [-0.39, 0.29) is 5.91 Å². The highest BCUT2D eigenvalue weighted by Gasteiger charge is 2.37. The number of benzene rings is 1. The first-order chi connectivity index (χ1) is 14.5. The Bertz CT molecular complexity index is 926. The minimum absolute atomic E-state index is 0.361. The van der Waals surface area contributed by atoms with Crippen LogP contribution < -0.4 is 11.1 Å². The summed E-state index contributed by atoms with van der Waals surface area (Å²) in [5, 5.41) is 3.50. The van der Waals surface area contributed by atoms with Crippen LogP contribution in [0.4, 0.5) is 0 Å². The van der Waals surface area contributed by atoms with E-state index in [0.29, 0.717) is 18.9 Å². The summed E-state index contributed by atoms with van der Waals surface area (Å²) in [4.78, 5) is 21.1. The van der Waals surface area contributed by atoms with Gasteiger partial charge >= 0.3 is 0 Å². The number of hydrogen-bond acceptors (Lipinski definition) is 4. The molecular formula is C25H30N4O. The normalized spacial score (nSPS) is 13.2. The molecule has 0 radical (unpaired) electrons. The smallest absolute Gasteiger partial charge is 0.242 e. The number of carbonyl (C=O) groups is 1. The molecule has 2 aromatic heterocycles. The fourth-order valence-corrected chi connectivity index (χ4v) is 3.69. The van der Waals surface area contributed by atoms with Crippen molar-refractivity contribution in [3.05, 3.63) is 95.6 Å². The van der Waals surface area contributed by atoms with Gasteiger partial charge in [0.05, 0.1) is 0 Å². The molecule has 2 heterocycles. The number of carbonyl (C=O) groups excluding carboxylic acids is 1. The van der Waals surface area contributed by atoms with Gasteiger partial charge in [0, 0.05) is 31.3 Å². The average molecular weight is 403 g/mol. The largest absolute Gasteiger partial charge is 0.368 e. The van der Waals surface area contributed by atoms with E-state index >= 15 is 0 Å². The molecule has 3 aromatic rings. The molecule has 0 aliphatic rings. The minimum atomic E-state index is -0.943. The van der Waals surface area contributed by atoms with Crippen molar-refractivity contribution in [2.45, 2.75) is 44.6 Å². The van der Waals surface area contributed by atoms with Gasteiger partial charge in [-0.05, 0) is 65.6 Å². The Balaban J connectivity index is 1.86. The molecule has 1 amide bonds. The highest BCUT2D eigenvalue weighted by Crippen LogP contribution is 2.29. The monoisotopic (exact) mass is 402 g/mol. The van der Waals surface area contributed by atoms with Crippen molar-refractivity contribution in [2.75, 3.05) is 6.54 Å². The third-order valence-electron chi connectivity index (χ3n) is 5.59. The van der Waals surface area contributed by atoms with Gasteiger partial charge in [-0.2, -0.15) is 0 Å². The average Bonchev–Trinajstić information content (AvgIpc) is 2.77. The number of aryl methyl sites for hydroxylation is 1. The standard InChI is InChI=1S/C25H30N4O/c1-19(2)22-5-7-23(8-6-22)25(24(26)30,13-9-20-10-15-27-16-11-20)29-17-12-21-4-3-14-28-18-21/h3-8,10-11,14-16,18-19,29H,9,12-13,17H2,1-2H3,(H2,26,30). The van der Waals surface area contributed by atoms with Crippen LogP contribution >= 0.6 is 0 Å². The molecule has 0 aliphatic carbocycles. The van der Waals surface area contributed by atoms with Crippen LogP contribution in [0.25, 0.3) is 0 Å². The molecule has 1 unspecified atom stereocenters. The molecule has 0 spiro atoms. The van der Waals surface area contributed by atoms with Crippen molar-refractivity contribution in [1.29, 1.82) is 0 Å². The summed E-state index contributed by atoms with van der Waals surface area (Å²) in [7, 11) is 0. The van der Waals surface area contributed by atoms with Crippen molar-refractivity contribution in [3.8, 4) is 0 Å². The van der Waals surface area contributed by atoms with Gasteiger partial charge in [-0.1, -0.05) is 44.2 Å². The molecule has 0 bridgehead atoms. The zero-order chi connectivity index (χ0) is 21.4. The van der Waals surface area contributed by atoms with E-state index in [4.69, 9.17) is 5.73 Å². The molecule has 0 fully saturated rings. The van der Waals surface area contributed by atoms with Crippen LogP contribution in [0.15, 0.2) is 73.3 Å². The number of rotatable bonds is 10. The third-order valence-corrected chi connectivity index (χ3v) is 5.59. The van der Waals surface area contributed by atoms with Crippen molar-refractivity contribution < 1.29 is 4.79 Å². The minimum Gasteiger partial charge on any atom is -0.368 e. The molecule has 5 nitrogen and oxygen atoms in total. The lowest BCUT2D eigenvalue weighted by Crippen LogP contribution is -2.53. The fraction of sp³-hybridized carbons (Fsp3) is 0.320. The lowest BCUT2D eigenvalue weighted by molar-refractivity contribution is -0.125. The number of pyridine rings is 2. The van der Waals surface area contributed by atoms with Crippen molar-refractivity contribution in [1.82, 2.24) is 15.3 Å². The van der Waals surface area contributed by atoms with Gasteiger partial charge in [-0.25, -0.2) is 0 Å². The van der Waals surface area contributed by atoms with Gasteiger partial charge in [0.15, 0.2) is 0 Å². The molecule has 3 N–H and O–H groups in total. The summed E-state index contributed by atoms with van der Waals surface area (Å²) in [5.74, 6) is 0.0671. The zero-order valence-electron chi connectivity index (χ0n) is 17.7. The zero-order valence-corrected chi connectivity index (χ0v) is 17.7. The van der Waals surface area contributed by atoms with Gasteiger partial charge in [-0.3, -0.25) is 20.1 Å². The molecule has 1 atom stereocenters. The number of nitrogens with one attached hydrogen (secondary N) is 1. The van der Waals surface area contributed by atoms with E-state index in [9.17, 15) is 4.79 Å². The lowest BCUT2D eigenvalue weighted by atomic mass is 9.82. The van der Waals surface area contributed by atoms with Gasteiger partial charge < -0.3 is 5.73 Å². The summed E-state index contributed by atoms with van der Waals surface area (Å²) in [6.45, 7) is 4.94. The molecule has 5 heteroatoms. The summed E-state index contributed by atoms with van der Waals surface area (Å²) in [6.07, 6.45) is 9.21. The highest BCUT2D eigenvalue weighted by atomic mass is 16.1. The maximum Gasteiger partial charge on any atom is 0.242 e. The van der Waals surface area contributed by atoms with E-state index in [0.717, 1.165) is 29.5 Å². The predicted molar refractivity (Wildman–Crippen MR) is 120 cm³/mol. The maximum absolute atomic E-state index is 12.8. The second-order valence-electron chi connectivity index (χ2n) is 7.94. The number of nitrogens with zero attached hydrogens (tertiary/aromatic N) is 2. The van der Waals surface area contributed by atoms with Gasteiger partial charge in [0.1, 0.15) is 5.54 Å². The maximum atomic E-state index is 12.8. The summed E-state index contributed by atoms with van der Waals surface area (Å²) in [6, 6.07) is 16.2. The SMILES string of the molecule is CC(C)c1ccc(C(CCc2ccncc2)(NCCc2cccnc2)C(N)=O)cc1. The van der Waals surface area contributed by atoms with Crippen LogP contribution in [0, 0.1) is 0 Å². The second-order valence-corrected chi connectivity index (χ2v) is 7.94. The molecule has 0 saturated heterocycles. The van der Waals surface area contributed by atoms with Crippen LogP contribution in [-0.2, 0) is 23.2 Å². The summed E-state index contributed by atoms with van der Waals surface area (Å²) < 4.78 is 0. The molecule has 156 valence electrons. The summed E-state index contributed by atoms with van der Waals surface area (Å²) >= 11 is 0. The van der Waals surface area contributed by atoms with Crippen LogP contribution in [0.3, 0.4) is 0 Å². The highest BCUT2D eigenvalue weighted by molar-refractivity contribution is 5.86. The van der Waals surface area contributed by atoms with E-state index in [1.807, 2.05) is 42.6 Å². The molecule has 0 saturated carbocycles. The number of aromatic nitrogens is 2. The van der Waals surface area contributed by atoms with E-state index in [1.54, 1.807) is 18.6 Å². The van der Waals surface area contributed by atoms with E-state index in [2.05, 4.69) is 41.3 Å². The number of nitrogens with two attached hydrogens (primary N) is 1. The van der Waals surface area contributed by atoms with Crippen LogP contribution in [0.2, 0.25) is 0 Å². The Morgan fingerprint density at radius 2 is 1.70 bits per heavy atom. The second kappa shape index (κ2) is 10.1. The van der Waals surface area contributed by atoms with Crippen molar-refractivity contribution in [3.63, 3.8) is 0 Å². The molecule has 3 rings (SSSR count). The molecule has 30 heavy (non-hydrogen) atoms. The number of hydrogen-bond donors (Lipinski definition) is 2. The van der Waals surface area contributed by atoms with Gasteiger partial charge in [0.2, 0.25) is 5.91 Å². The Labute approximate surface area is 178 Å².